The lowest BCUT2D eigenvalue weighted by Gasteiger charge is -2.19. The van der Waals surface area contributed by atoms with Gasteiger partial charge < -0.3 is 9.84 Å². The summed E-state index contributed by atoms with van der Waals surface area (Å²) in [7, 11) is 0. The monoisotopic (exact) mass is 259 g/mol. The van der Waals surface area contributed by atoms with Gasteiger partial charge in [0.05, 0.1) is 0 Å². The van der Waals surface area contributed by atoms with Crippen molar-refractivity contribution in [1.82, 2.24) is 15.5 Å². The van der Waals surface area contributed by atoms with Gasteiger partial charge in [0.15, 0.2) is 5.82 Å². The SMILES string of the molecule is CC(C)(C)c1ccc(CNCCc2ncon2)cc1. The molecule has 19 heavy (non-hydrogen) atoms. The summed E-state index contributed by atoms with van der Waals surface area (Å²) < 4.78 is 4.69. The van der Waals surface area contributed by atoms with Gasteiger partial charge in [-0.3, -0.25) is 0 Å². The van der Waals surface area contributed by atoms with Gasteiger partial charge >= 0.3 is 0 Å². The van der Waals surface area contributed by atoms with Crippen LogP contribution in [0.15, 0.2) is 35.2 Å². The summed E-state index contributed by atoms with van der Waals surface area (Å²) in [6.45, 7) is 8.39. The van der Waals surface area contributed by atoms with E-state index in [9.17, 15) is 0 Å². The molecule has 102 valence electrons. The average molecular weight is 259 g/mol. The Morgan fingerprint density at radius 2 is 1.89 bits per heavy atom. The van der Waals surface area contributed by atoms with Crippen LogP contribution in [0.5, 0.6) is 0 Å². The lowest BCUT2D eigenvalue weighted by atomic mass is 9.87. The Bertz CT molecular complexity index is 483. The topological polar surface area (TPSA) is 51.0 Å². The first-order chi connectivity index (χ1) is 9.05. The molecule has 0 spiro atoms. The Labute approximate surface area is 114 Å². The van der Waals surface area contributed by atoms with Gasteiger partial charge in [-0.2, -0.15) is 4.98 Å². The molecule has 4 nitrogen and oxygen atoms in total. The molecule has 1 N–H and O–H groups in total. The van der Waals surface area contributed by atoms with Gasteiger partial charge in [-0.15, -0.1) is 0 Å². The second kappa shape index (κ2) is 5.97. The highest BCUT2D eigenvalue weighted by Crippen LogP contribution is 2.22. The molecular weight excluding hydrogens is 238 g/mol. The zero-order chi connectivity index (χ0) is 13.7. The maximum atomic E-state index is 4.69. The second-order valence-corrected chi connectivity index (χ2v) is 5.72. The minimum absolute atomic E-state index is 0.213. The summed E-state index contributed by atoms with van der Waals surface area (Å²) in [5.74, 6) is 0.746. The molecule has 0 atom stereocenters. The van der Waals surface area contributed by atoms with Crippen LogP contribution in [0.2, 0.25) is 0 Å². The first-order valence-corrected chi connectivity index (χ1v) is 6.61. The van der Waals surface area contributed by atoms with E-state index in [1.807, 2.05) is 0 Å². The Kier molecular flexibility index (Phi) is 4.32. The number of hydrogen-bond donors (Lipinski definition) is 1. The first-order valence-electron chi connectivity index (χ1n) is 6.61. The van der Waals surface area contributed by atoms with E-state index in [1.165, 1.54) is 17.5 Å². The molecule has 0 bridgehead atoms. The number of nitrogens with zero attached hydrogens (tertiary/aromatic N) is 2. The average Bonchev–Trinajstić information content (AvgIpc) is 2.87. The number of aromatic nitrogens is 2. The highest BCUT2D eigenvalue weighted by Gasteiger charge is 2.12. The molecule has 2 rings (SSSR count). The minimum Gasteiger partial charge on any atom is -0.343 e. The molecule has 0 saturated carbocycles. The molecule has 2 aromatic rings. The van der Waals surface area contributed by atoms with E-state index in [0.717, 1.165) is 25.3 Å². The summed E-state index contributed by atoms with van der Waals surface area (Å²) in [5.41, 5.74) is 2.87. The molecule has 1 aromatic carbocycles. The summed E-state index contributed by atoms with van der Waals surface area (Å²) in [6, 6.07) is 8.77. The van der Waals surface area contributed by atoms with Crippen molar-refractivity contribution in [3.05, 3.63) is 47.6 Å². The van der Waals surface area contributed by atoms with E-state index < -0.39 is 0 Å². The number of hydrogen-bond acceptors (Lipinski definition) is 4. The van der Waals surface area contributed by atoms with Crippen LogP contribution in [-0.4, -0.2) is 16.7 Å². The molecule has 0 unspecified atom stereocenters. The largest absolute Gasteiger partial charge is 0.343 e. The van der Waals surface area contributed by atoms with Crippen molar-refractivity contribution in [2.75, 3.05) is 6.54 Å². The van der Waals surface area contributed by atoms with Crippen LogP contribution in [0.25, 0.3) is 0 Å². The normalized spacial score (nSPS) is 11.7. The van der Waals surface area contributed by atoms with E-state index in [-0.39, 0.29) is 5.41 Å². The van der Waals surface area contributed by atoms with E-state index >= 15 is 0 Å². The van der Waals surface area contributed by atoms with Crippen LogP contribution in [0.3, 0.4) is 0 Å². The van der Waals surface area contributed by atoms with Crippen molar-refractivity contribution in [2.24, 2.45) is 0 Å². The minimum atomic E-state index is 0.213. The molecule has 4 heteroatoms. The number of rotatable bonds is 5. The lowest BCUT2D eigenvalue weighted by molar-refractivity contribution is 0.409. The van der Waals surface area contributed by atoms with Crippen molar-refractivity contribution in [3.63, 3.8) is 0 Å². The molecule has 1 heterocycles. The van der Waals surface area contributed by atoms with Gasteiger partial charge in [-0.25, -0.2) is 0 Å². The Balaban J connectivity index is 1.77. The van der Waals surface area contributed by atoms with Crippen molar-refractivity contribution < 1.29 is 4.52 Å². The smallest absolute Gasteiger partial charge is 0.213 e. The van der Waals surface area contributed by atoms with Crippen LogP contribution >= 0.6 is 0 Å². The Hall–Kier alpha value is -1.68. The van der Waals surface area contributed by atoms with E-state index in [2.05, 4.69) is 65.0 Å². The van der Waals surface area contributed by atoms with Gasteiger partial charge in [0.2, 0.25) is 6.39 Å². The molecular formula is C15H21N3O. The highest BCUT2D eigenvalue weighted by molar-refractivity contribution is 5.27. The maximum Gasteiger partial charge on any atom is 0.213 e. The summed E-state index contributed by atoms with van der Waals surface area (Å²) >= 11 is 0. The molecule has 0 amide bonds. The summed E-state index contributed by atoms with van der Waals surface area (Å²) in [5, 5.41) is 7.15. The maximum absolute atomic E-state index is 4.69. The molecule has 0 aliphatic carbocycles. The van der Waals surface area contributed by atoms with Gasteiger partial charge in [-0.1, -0.05) is 50.2 Å². The number of benzene rings is 1. The fraction of sp³-hybridized carbons (Fsp3) is 0.467. The van der Waals surface area contributed by atoms with Gasteiger partial charge in [0, 0.05) is 19.5 Å². The van der Waals surface area contributed by atoms with E-state index in [0.29, 0.717) is 0 Å². The molecule has 0 aliphatic rings. The fourth-order valence-corrected chi connectivity index (χ4v) is 1.86. The fourth-order valence-electron chi connectivity index (χ4n) is 1.86. The van der Waals surface area contributed by atoms with Crippen LogP contribution in [0, 0.1) is 0 Å². The van der Waals surface area contributed by atoms with Crippen molar-refractivity contribution in [1.29, 1.82) is 0 Å². The lowest BCUT2D eigenvalue weighted by Crippen LogP contribution is -2.17. The third-order valence-electron chi connectivity index (χ3n) is 3.08. The standard InChI is InChI=1S/C15H21N3O/c1-15(2,3)13-6-4-12(5-7-13)10-16-9-8-14-17-11-19-18-14/h4-7,11,16H,8-10H2,1-3H3. The summed E-state index contributed by atoms with van der Waals surface area (Å²) in [6.07, 6.45) is 2.15. The Morgan fingerprint density at radius 3 is 2.47 bits per heavy atom. The second-order valence-electron chi connectivity index (χ2n) is 5.72. The predicted octanol–water partition coefficient (Wildman–Crippen LogP) is 2.70. The molecule has 0 radical (unpaired) electrons. The van der Waals surface area contributed by atoms with Crippen molar-refractivity contribution in [2.45, 2.75) is 39.2 Å². The van der Waals surface area contributed by atoms with Gasteiger partial charge in [0.25, 0.3) is 0 Å². The third kappa shape index (κ3) is 4.17. The quantitative estimate of drug-likeness (QED) is 0.839. The van der Waals surface area contributed by atoms with E-state index in [4.69, 9.17) is 0 Å². The zero-order valence-corrected chi connectivity index (χ0v) is 11.8. The van der Waals surface area contributed by atoms with Crippen LogP contribution in [0.1, 0.15) is 37.7 Å². The zero-order valence-electron chi connectivity index (χ0n) is 11.8. The molecule has 0 fully saturated rings. The van der Waals surface area contributed by atoms with E-state index in [1.54, 1.807) is 0 Å². The van der Waals surface area contributed by atoms with Gasteiger partial charge in [-0.05, 0) is 16.5 Å². The highest BCUT2D eigenvalue weighted by atomic mass is 16.5. The first kappa shape index (κ1) is 13.7. The van der Waals surface area contributed by atoms with Gasteiger partial charge in [0.1, 0.15) is 0 Å². The molecule has 0 saturated heterocycles. The van der Waals surface area contributed by atoms with Crippen molar-refractivity contribution in [3.8, 4) is 0 Å². The molecule has 1 aromatic heterocycles. The Morgan fingerprint density at radius 1 is 1.16 bits per heavy atom. The van der Waals surface area contributed by atoms with Crippen LogP contribution < -0.4 is 5.32 Å². The predicted molar refractivity (Wildman–Crippen MR) is 74.9 cm³/mol. The van der Waals surface area contributed by atoms with Crippen LogP contribution in [-0.2, 0) is 18.4 Å². The summed E-state index contributed by atoms with van der Waals surface area (Å²) in [4.78, 5) is 3.98. The molecule has 0 aliphatic heterocycles. The number of nitrogens with one attached hydrogen (secondary N) is 1. The van der Waals surface area contributed by atoms with Crippen LogP contribution in [0.4, 0.5) is 0 Å². The van der Waals surface area contributed by atoms with Crippen molar-refractivity contribution >= 4 is 0 Å². The third-order valence-corrected chi connectivity index (χ3v) is 3.08.